The first kappa shape index (κ1) is 13.1. The van der Waals surface area contributed by atoms with Crippen LogP contribution in [0.5, 0.6) is 0 Å². The van der Waals surface area contributed by atoms with Crippen molar-refractivity contribution < 1.29 is 14.7 Å². The normalized spacial score (nSPS) is 24.8. The fourth-order valence-electron chi connectivity index (χ4n) is 3.20. The molecule has 20 heavy (non-hydrogen) atoms. The topological polar surface area (TPSA) is 83.6 Å². The largest absolute Gasteiger partial charge is 0.478 e. The number of carboxylic acid groups (broad SMARTS) is 1. The summed E-state index contributed by atoms with van der Waals surface area (Å²) in [4.78, 5) is 25.4. The number of nitrogens with two attached hydrogens (primary N) is 1. The summed E-state index contributed by atoms with van der Waals surface area (Å²) in [6.45, 7) is 0.642. The molecule has 1 aliphatic carbocycles. The molecule has 1 amide bonds. The first-order valence-corrected chi connectivity index (χ1v) is 6.99. The number of hydrogen-bond acceptors (Lipinski definition) is 3. The standard InChI is InChI=1S/C15H18N2O3/c16-12-4-3-10(7-12)14(18)17-6-5-9-1-2-11(15(19)20)8-13(9)17/h1-2,8,10,12H,3-7,16H2,(H,19,20). The Bertz CT molecular complexity index is 570. The summed E-state index contributed by atoms with van der Waals surface area (Å²) < 4.78 is 0. The highest BCUT2D eigenvalue weighted by Crippen LogP contribution is 2.33. The van der Waals surface area contributed by atoms with E-state index in [1.54, 1.807) is 17.0 Å². The molecular formula is C15H18N2O3. The molecule has 1 aliphatic heterocycles. The summed E-state index contributed by atoms with van der Waals surface area (Å²) in [6, 6.07) is 5.14. The number of anilines is 1. The minimum Gasteiger partial charge on any atom is -0.478 e. The molecule has 2 atom stereocenters. The van der Waals surface area contributed by atoms with Gasteiger partial charge in [0, 0.05) is 24.2 Å². The summed E-state index contributed by atoms with van der Waals surface area (Å²) in [5.74, 6) is -0.876. The third-order valence-electron chi connectivity index (χ3n) is 4.32. The molecule has 1 heterocycles. The van der Waals surface area contributed by atoms with Gasteiger partial charge in [0.15, 0.2) is 0 Å². The summed E-state index contributed by atoms with van der Waals surface area (Å²) >= 11 is 0. The number of hydrogen-bond donors (Lipinski definition) is 2. The highest BCUT2D eigenvalue weighted by atomic mass is 16.4. The molecule has 0 bridgehead atoms. The summed E-state index contributed by atoms with van der Waals surface area (Å²) in [5, 5.41) is 9.07. The molecular weight excluding hydrogens is 256 g/mol. The van der Waals surface area contributed by atoms with E-state index in [9.17, 15) is 9.59 Å². The lowest BCUT2D eigenvalue weighted by Crippen LogP contribution is -2.34. The van der Waals surface area contributed by atoms with Crippen LogP contribution in [0.15, 0.2) is 18.2 Å². The molecule has 3 rings (SSSR count). The molecule has 2 aliphatic rings. The van der Waals surface area contributed by atoms with E-state index in [4.69, 9.17) is 10.8 Å². The smallest absolute Gasteiger partial charge is 0.335 e. The molecule has 5 heteroatoms. The third-order valence-corrected chi connectivity index (χ3v) is 4.32. The van der Waals surface area contributed by atoms with Crippen molar-refractivity contribution in [2.24, 2.45) is 11.7 Å². The SMILES string of the molecule is NC1CCC(C(=O)N2CCc3ccc(C(=O)O)cc32)C1. The number of carbonyl (C=O) groups is 2. The van der Waals surface area contributed by atoms with Crippen molar-refractivity contribution in [3.8, 4) is 0 Å². The zero-order valence-electron chi connectivity index (χ0n) is 11.2. The molecule has 0 aromatic heterocycles. The Morgan fingerprint density at radius 2 is 2.10 bits per heavy atom. The Hall–Kier alpha value is -1.88. The predicted octanol–water partition coefficient (Wildman–Crippen LogP) is 1.40. The van der Waals surface area contributed by atoms with Crippen LogP contribution in [-0.4, -0.2) is 29.6 Å². The monoisotopic (exact) mass is 274 g/mol. The number of benzene rings is 1. The van der Waals surface area contributed by atoms with Crippen LogP contribution in [0.2, 0.25) is 0 Å². The van der Waals surface area contributed by atoms with Gasteiger partial charge in [0.05, 0.1) is 5.56 Å². The molecule has 2 unspecified atom stereocenters. The Kier molecular flexibility index (Phi) is 3.22. The van der Waals surface area contributed by atoms with Crippen LogP contribution in [0.25, 0.3) is 0 Å². The lowest BCUT2D eigenvalue weighted by Gasteiger charge is -2.21. The van der Waals surface area contributed by atoms with Crippen molar-refractivity contribution in [2.75, 3.05) is 11.4 Å². The highest BCUT2D eigenvalue weighted by Gasteiger charge is 2.34. The lowest BCUT2D eigenvalue weighted by atomic mass is 10.1. The van der Waals surface area contributed by atoms with Crippen LogP contribution < -0.4 is 10.6 Å². The number of carbonyl (C=O) groups excluding carboxylic acids is 1. The third kappa shape index (κ3) is 2.18. The highest BCUT2D eigenvalue weighted by molar-refractivity contribution is 5.99. The summed E-state index contributed by atoms with van der Waals surface area (Å²) in [5.41, 5.74) is 7.91. The van der Waals surface area contributed by atoms with Gasteiger partial charge in [0.25, 0.3) is 0 Å². The fourth-order valence-corrected chi connectivity index (χ4v) is 3.20. The fraction of sp³-hybridized carbons (Fsp3) is 0.467. The summed E-state index contributed by atoms with van der Waals surface area (Å²) in [7, 11) is 0. The molecule has 1 fully saturated rings. The maximum Gasteiger partial charge on any atom is 0.335 e. The first-order chi connectivity index (χ1) is 9.56. The zero-order chi connectivity index (χ0) is 14.3. The average molecular weight is 274 g/mol. The quantitative estimate of drug-likeness (QED) is 0.854. The van der Waals surface area contributed by atoms with Crippen LogP contribution >= 0.6 is 0 Å². The number of fused-ring (bicyclic) bond motifs is 1. The molecule has 0 saturated heterocycles. The zero-order valence-corrected chi connectivity index (χ0v) is 11.2. The number of rotatable bonds is 2. The minimum atomic E-state index is -0.963. The second-order valence-corrected chi connectivity index (χ2v) is 5.66. The Morgan fingerprint density at radius 3 is 2.75 bits per heavy atom. The number of aromatic carboxylic acids is 1. The maximum absolute atomic E-state index is 12.6. The van der Waals surface area contributed by atoms with Crippen molar-refractivity contribution in [3.63, 3.8) is 0 Å². The Balaban J connectivity index is 1.86. The second kappa shape index (κ2) is 4.90. The summed E-state index contributed by atoms with van der Waals surface area (Å²) in [6.07, 6.45) is 3.26. The van der Waals surface area contributed by atoms with Gasteiger partial charge in [-0.05, 0) is 43.4 Å². The number of amides is 1. The Labute approximate surface area is 117 Å². The van der Waals surface area contributed by atoms with Gasteiger partial charge in [-0.15, -0.1) is 0 Å². The van der Waals surface area contributed by atoms with Crippen molar-refractivity contribution >= 4 is 17.6 Å². The molecule has 1 aromatic rings. The van der Waals surface area contributed by atoms with Gasteiger partial charge < -0.3 is 15.7 Å². The van der Waals surface area contributed by atoms with E-state index in [0.29, 0.717) is 6.54 Å². The molecule has 0 spiro atoms. The van der Waals surface area contributed by atoms with E-state index in [0.717, 1.165) is 36.9 Å². The molecule has 0 radical (unpaired) electrons. The molecule has 5 nitrogen and oxygen atoms in total. The van der Waals surface area contributed by atoms with Crippen LogP contribution in [0.3, 0.4) is 0 Å². The van der Waals surface area contributed by atoms with Gasteiger partial charge in [0.2, 0.25) is 5.91 Å². The van der Waals surface area contributed by atoms with E-state index >= 15 is 0 Å². The Morgan fingerprint density at radius 1 is 1.30 bits per heavy atom. The van der Waals surface area contributed by atoms with Gasteiger partial charge in [-0.1, -0.05) is 6.07 Å². The number of carboxylic acids is 1. The van der Waals surface area contributed by atoms with Gasteiger partial charge in [-0.25, -0.2) is 4.79 Å². The first-order valence-electron chi connectivity index (χ1n) is 6.99. The van der Waals surface area contributed by atoms with E-state index in [1.807, 2.05) is 6.07 Å². The van der Waals surface area contributed by atoms with Crippen molar-refractivity contribution in [2.45, 2.75) is 31.7 Å². The minimum absolute atomic E-state index is 0.00978. The van der Waals surface area contributed by atoms with Crippen LogP contribution in [0.4, 0.5) is 5.69 Å². The second-order valence-electron chi connectivity index (χ2n) is 5.66. The van der Waals surface area contributed by atoms with Gasteiger partial charge in [-0.2, -0.15) is 0 Å². The molecule has 1 aromatic carbocycles. The van der Waals surface area contributed by atoms with E-state index in [-0.39, 0.29) is 23.4 Å². The van der Waals surface area contributed by atoms with E-state index in [1.165, 1.54) is 0 Å². The number of nitrogens with zero attached hydrogens (tertiary/aromatic N) is 1. The van der Waals surface area contributed by atoms with Crippen molar-refractivity contribution in [1.29, 1.82) is 0 Å². The van der Waals surface area contributed by atoms with Crippen molar-refractivity contribution in [1.82, 2.24) is 0 Å². The van der Waals surface area contributed by atoms with Crippen LogP contribution in [0, 0.1) is 5.92 Å². The van der Waals surface area contributed by atoms with E-state index in [2.05, 4.69) is 0 Å². The van der Waals surface area contributed by atoms with Crippen molar-refractivity contribution in [3.05, 3.63) is 29.3 Å². The maximum atomic E-state index is 12.6. The van der Waals surface area contributed by atoms with Crippen LogP contribution in [0.1, 0.15) is 35.2 Å². The average Bonchev–Trinajstić information content (AvgIpc) is 3.03. The molecule has 1 saturated carbocycles. The van der Waals surface area contributed by atoms with E-state index < -0.39 is 5.97 Å². The lowest BCUT2D eigenvalue weighted by molar-refractivity contribution is -0.122. The predicted molar refractivity (Wildman–Crippen MR) is 74.8 cm³/mol. The molecule has 3 N–H and O–H groups in total. The van der Waals surface area contributed by atoms with Crippen LogP contribution in [-0.2, 0) is 11.2 Å². The van der Waals surface area contributed by atoms with Gasteiger partial charge in [0.1, 0.15) is 0 Å². The van der Waals surface area contributed by atoms with Gasteiger partial charge in [-0.3, -0.25) is 4.79 Å². The van der Waals surface area contributed by atoms with Gasteiger partial charge >= 0.3 is 5.97 Å². The molecule has 106 valence electrons.